The molecule has 0 aliphatic carbocycles. The molecule has 0 atom stereocenters. The van der Waals surface area contributed by atoms with E-state index in [0.717, 1.165) is 12.1 Å². The summed E-state index contributed by atoms with van der Waals surface area (Å²) in [4.78, 5) is 16.8. The van der Waals surface area contributed by atoms with Gasteiger partial charge in [0.05, 0.1) is 11.3 Å². The maximum absolute atomic E-state index is 13.1. The number of halogens is 3. The van der Waals surface area contributed by atoms with Gasteiger partial charge in [0.15, 0.2) is 21.3 Å². The minimum Gasteiger partial charge on any atom is -0.483 e. The number of benzene rings is 1. The highest BCUT2D eigenvalue weighted by Gasteiger charge is 2.31. The van der Waals surface area contributed by atoms with Gasteiger partial charge < -0.3 is 4.74 Å². The van der Waals surface area contributed by atoms with Crippen molar-refractivity contribution in [2.45, 2.75) is 18.0 Å². The highest BCUT2D eigenvalue weighted by atomic mass is 32.2. The largest absolute Gasteiger partial charge is 0.483 e. The quantitative estimate of drug-likeness (QED) is 0.337. The summed E-state index contributed by atoms with van der Waals surface area (Å²) in [7, 11) is -3.89. The van der Waals surface area contributed by atoms with Crippen LogP contribution in [0.4, 0.5) is 13.2 Å². The first-order valence-electron chi connectivity index (χ1n) is 10.2. The molecule has 0 N–H and O–H groups in total. The Bertz CT molecular complexity index is 1550. The van der Waals surface area contributed by atoms with Crippen LogP contribution in [0, 0.1) is 0 Å². The molecule has 0 saturated heterocycles. The molecule has 0 fully saturated rings. The van der Waals surface area contributed by atoms with Crippen molar-refractivity contribution in [1.82, 2.24) is 19.2 Å². The van der Waals surface area contributed by atoms with Gasteiger partial charge in [-0.2, -0.15) is 17.9 Å². The van der Waals surface area contributed by atoms with Crippen molar-refractivity contribution in [3.8, 4) is 22.7 Å². The molecule has 3 heterocycles. The van der Waals surface area contributed by atoms with Gasteiger partial charge in [-0.05, 0) is 42.2 Å². The Morgan fingerprint density at radius 1 is 1.09 bits per heavy atom. The smallest absolute Gasteiger partial charge is 0.417 e. The predicted molar refractivity (Wildman–Crippen MR) is 126 cm³/mol. The summed E-state index contributed by atoms with van der Waals surface area (Å²) in [5.74, 6) is 0.543. The van der Waals surface area contributed by atoms with E-state index >= 15 is 0 Å². The third-order valence-electron chi connectivity index (χ3n) is 5.12. The molecule has 3 aromatic heterocycles. The van der Waals surface area contributed by atoms with Gasteiger partial charge in [-0.15, -0.1) is 16.9 Å². The molecule has 0 aliphatic heterocycles. The Morgan fingerprint density at radius 3 is 2.43 bits per heavy atom. The van der Waals surface area contributed by atoms with E-state index in [4.69, 9.17) is 4.74 Å². The molecule has 0 bridgehead atoms. The van der Waals surface area contributed by atoms with E-state index in [1.54, 1.807) is 24.3 Å². The van der Waals surface area contributed by atoms with Gasteiger partial charge in [-0.3, -0.25) is 0 Å². The van der Waals surface area contributed by atoms with Crippen LogP contribution < -0.4 is 10.4 Å². The van der Waals surface area contributed by atoms with Crippen molar-refractivity contribution < 1.29 is 26.3 Å². The number of sulfone groups is 1. The number of rotatable bonds is 7. The minimum atomic E-state index is -4.66. The summed E-state index contributed by atoms with van der Waals surface area (Å²) in [6, 6.07) is 10.1. The van der Waals surface area contributed by atoms with Gasteiger partial charge in [0.1, 0.15) is 16.6 Å². The maximum Gasteiger partial charge on any atom is 0.417 e. The monoisotopic (exact) mass is 524 g/mol. The third-order valence-corrected chi connectivity index (χ3v) is 7.21. The molecule has 0 saturated carbocycles. The Kier molecular flexibility index (Phi) is 6.64. The lowest BCUT2D eigenvalue weighted by atomic mass is 10.1. The average molecular weight is 525 g/mol. The number of aromatic nitrogens is 4. The zero-order valence-corrected chi connectivity index (χ0v) is 20.1. The molecule has 0 unspecified atom stereocenters. The summed E-state index contributed by atoms with van der Waals surface area (Å²) in [5, 5.41) is 4.01. The minimum absolute atomic E-state index is 0.0884. The molecule has 8 nitrogen and oxygen atoms in total. The van der Waals surface area contributed by atoms with Crippen LogP contribution in [0.25, 0.3) is 22.6 Å². The molecule has 4 rings (SSSR count). The van der Waals surface area contributed by atoms with Crippen LogP contribution in [-0.2, 0) is 16.0 Å². The SMILES string of the molecule is CCS(=O)(=O)c1cc(-c2ccc(OCSC)cc2)cnc1-n1nc2ccc(C(F)(F)F)cn2c1=O. The third kappa shape index (κ3) is 4.91. The molecule has 4 aromatic rings. The van der Waals surface area contributed by atoms with E-state index in [2.05, 4.69) is 10.1 Å². The number of hydrogen-bond acceptors (Lipinski definition) is 7. The van der Waals surface area contributed by atoms with Crippen molar-refractivity contribution in [3.63, 3.8) is 0 Å². The van der Waals surface area contributed by atoms with Crippen LogP contribution >= 0.6 is 11.8 Å². The van der Waals surface area contributed by atoms with Gasteiger partial charge in [-0.25, -0.2) is 22.6 Å². The molecular weight excluding hydrogens is 505 g/mol. The van der Waals surface area contributed by atoms with E-state index < -0.39 is 27.3 Å². The molecule has 0 radical (unpaired) electrons. The summed E-state index contributed by atoms with van der Waals surface area (Å²) in [5.41, 5.74) is -0.983. The van der Waals surface area contributed by atoms with Gasteiger partial charge in [0.25, 0.3) is 0 Å². The zero-order chi connectivity index (χ0) is 25.4. The number of pyridine rings is 2. The van der Waals surface area contributed by atoms with Crippen LogP contribution in [0.1, 0.15) is 12.5 Å². The van der Waals surface area contributed by atoms with E-state index in [1.165, 1.54) is 30.9 Å². The van der Waals surface area contributed by atoms with Crippen molar-refractivity contribution in [3.05, 3.63) is 70.9 Å². The summed E-state index contributed by atoms with van der Waals surface area (Å²) >= 11 is 1.52. The second-order valence-corrected chi connectivity index (χ2v) is 10.4. The summed E-state index contributed by atoms with van der Waals surface area (Å²) in [6.45, 7) is 1.44. The first-order chi connectivity index (χ1) is 16.5. The highest BCUT2D eigenvalue weighted by Crippen LogP contribution is 2.30. The number of ether oxygens (including phenoxy) is 1. The van der Waals surface area contributed by atoms with Crippen LogP contribution in [-0.4, -0.2) is 45.5 Å². The van der Waals surface area contributed by atoms with Gasteiger partial charge >= 0.3 is 11.9 Å². The summed E-state index contributed by atoms with van der Waals surface area (Å²) in [6.07, 6.45) is -0.771. The van der Waals surface area contributed by atoms with Crippen LogP contribution in [0.3, 0.4) is 0 Å². The lowest BCUT2D eigenvalue weighted by molar-refractivity contribution is -0.137. The molecule has 0 aliphatic rings. The van der Waals surface area contributed by atoms with Crippen molar-refractivity contribution in [2.75, 3.05) is 17.9 Å². The first-order valence-corrected chi connectivity index (χ1v) is 13.2. The van der Waals surface area contributed by atoms with Crippen LogP contribution in [0.5, 0.6) is 5.75 Å². The maximum atomic E-state index is 13.1. The lowest BCUT2D eigenvalue weighted by Crippen LogP contribution is -2.23. The molecule has 0 spiro atoms. The van der Waals surface area contributed by atoms with Gasteiger partial charge in [0, 0.05) is 18.0 Å². The molecule has 35 heavy (non-hydrogen) atoms. The second kappa shape index (κ2) is 9.38. The van der Waals surface area contributed by atoms with E-state index in [-0.39, 0.29) is 22.1 Å². The Balaban J connectivity index is 1.85. The number of thioether (sulfide) groups is 1. The molecule has 13 heteroatoms. The first kappa shape index (κ1) is 24.8. The zero-order valence-electron chi connectivity index (χ0n) is 18.5. The average Bonchev–Trinajstić information content (AvgIpc) is 3.18. The second-order valence-electron chi connectivity index (χ2n) is 7.36. The molecule has 1 aromatic carbocycles. The fraction of sp³-hybridized carbons (Fsp3) is 0.227. The van der Waals surface area contributed by atoms with E-state index in [9.17, 15) is 26.4 Å². The van der Waals surface area contributed by atoms with Crippen LogP contribution in [0.2, 0.25) is 0 Å². The normalized spacial score (nSPS) is 12.3. The Labute approximate surface area is 202 Å². The van der Waals surface area contributed by atoms with Gasteiger partial charge in [0.2, 0.25) is 0 Å². The van der Waals surface area contributed by atoms with E-state index in [1.807, 2.05) is 6.26 Å². The van der Waals surface area contributed by atoms with Gasteiger partial charge in [-0.1, -0.05) is 19.1 Å². The topological polar surface area (TPSA) is 95.6 Å². The van der Waals surface area contributed by atoms with Crippen molar-refractivity contribution in [1.29, 1.82) is 0 Å². The number of fused-ring (bicyclic) bond motifs is 1. The molecular formula is C22H19F3N4O4S2. The van der Waals surface area contributed by atoms with Crippen molar-refractivity contribution in [2.24, 2.45) is 0 Å². The number of hydrogen-bond donors (Lipinski definition) is 0. The Morgan fingerprint density at radius 2 is 1.80 bits per heavy atom. The fourth-order valence-corrected chi connectivity index (χ4v) is 4.58. The predicted octanol–water partition coefficient (Wildman–Crippen LogP) is 4.06. The van der Waals surface area contributed by atoms with Crippen molar-refractivity contribution >= 4 is 27.2 Å². The molecule has 184 valence electrons. The standard InChI is InChI=1S/C22H19F3N4O4S2/c1-3-35(31,32)18-10-15(14-4-7-17(8-5-14)33-13-34-2)11-26-20(18)29-21(30)28-12-16(22(23,24)25)6-9-19(28)27-29/h4-12H,3,13H2,1-2H3. The van der Waals surface area contributed by atoms with Crippen LogP contribution in [0.15, 0.2) is 64.5 Å². The lowest BCUT2D eigenvalue weighted by Gasteiger charge is -2.11. The Hall–Kier alpha value is -3.32. The molecule has 0 amide bonds. The summed E-state index contributed by atoms with van der Waals surface area (Å²) < 4.78 is 72.0. The fourth-order valence-electron chi connectivity index (χ4n) is 3.29. The highest BCUT2D eigenvalue weighted by molar-refractivity contribution is 7.98. The van der Waals surface area contributed by atoms with E-state index in [0.29, 0.717) is 38.1 Å². The number of alkyl halides is 3. The number of nitrogens with zero attached hydrogens (tertiary/aromatic N) is 4.